The maximum atomic E-state index is 13.1. The van der Waals surface area contributed by atoms with Crippen LogP contribution in [0.5, 0.6) is 5.75 Å². The van der Waals surface area contributed by atoms with E-state index in [1.165, 1.54) is 0 Å². The summed E-state index contributed by atoms with van der Waals surface area (Å²) in [4.78, 5) is 37.7. The van der Waals surface area contributed by atoms with Crippen molar-refractivity contribution in [2.75, 3.05) is 13.2 Å². The molecule has 0 spiro atoms. The van der Waals surface area contributed by atoms with Crippen LogP contribution in [0.15, 0.2) is 54.9 Å². The second-order valence-corrected chi connectivity index (χ2v) is 8.34. The molecule has 2 aromatic carbocycles. The van der Waals surface area contributed by atoms with Gasteiger partial charge in [0.05, 0.1) is 18.8 Å². The standard InChI is InChI=1S/C26H29N5O4/c1-3-11-31-15-21(13-28-31)18-5-7-19(8-6-18)24(29-26(34)27-17-32)16-30-14-20-9-10-22(35-4-2)12-23(20)25(30)33/h5-10,12-13,15,17,24H,3-4,11,14,16H2,1-2H3,(H2,27,29,32,34)/t24-/m0/s1. The lowest BCUT2D eigenvalue weighted by molar-refractivity contribution is -0.108. The normalized spacial score (nSPS) is 13.3. The van der Waals surface area contributed by atoms with E-state index in [0.717, 1.165) is 35.2 Å². The molecule has 0 saturated heterocycles. The van der Waals surface area contributed by atoms with Crippen molar-refractivity contribution in [3.63, 3.8) is 0 Å². The molecular formula is C26H29N5O4. The summed E-state index contributed by atoms with van der Waals surface area (Å²) in [7, 11) is 0. The predicted molar refractivity (Wildman–Crippen MR) is 131 cm³/mol. The van der Waals surface area contributed by atoms with Gasteiger partial charge in [0.1, 0.15) is 5.75 Å². The molecule has 1 aromatic heterocycles. The van der Waals surface area contributed by atoms with E-state index in [2.05, 4.69) is 22.7 Å². The third-order valence-electron chi connectivity index (χ3n) is 5.90. The number of benzene rings is 2. The van der Waals surface area contributed by atoms with Gasteiger partial charge in [-0.25, -0.2) is 4.79 Å². The van der Waals surface area contributed by atoms with Crippen LogP contribution in [0.4, 0.5) is 4.79 Å². The molecule has 0 fully saturated rings. The summed E-state index contributed by atoms with van der Waals surface area (Å²) in [6, 6.07) is 12.1. The van der Waals surface area contributed by atoms with Gasteiger partial charge in [0.25, 0.3) is 5.91 Å². The number of carbonyl (C=O) groups excluding carboxylic acids is 3. The molecule has 1 aliphatic heterocycles. The summed E-state index contributed by atoms with van der Waals surface area (Å²) < 4.78 is 7.44. The van der Waals surface area contributed by atoms with E-state index in [-0.39, 0.29) is 12.5 Å². The Balaban J connectivity index is 1.53. The Hall–Kier alpha value is -4.14. The van der Waals surface area contributed by atoms with Gasteiger partial charge in [0.2, 0.25) is 6.41 Å². The third-order valence-corrected chi connectivity index (χ3v) is 5.90. The van der Waals surface area contributed by atoms with Crippen LogP contribution in [0, 0.1) is 0 Å². The molecule has 9 nitrogen and oxygen atoms in total. The van der Waals surface area contributed by atoms with Gasteiger partial charge >= 0.3 is 6.03 Å². The number of carbonyl (C=O) groups is 3. The largest absolute Gasteiger partial charge is 0.494 e. The van der Waals surface area contributed by atoms with Gasteiger partial charge < -0.3 is 15.0 Å². The van der Waals surface area contributed by atoms with Crippen molar-refractivity contribution in [3.8, 4) is 16.9 Å². The Bertz CT molecular complexity index is 1200. The Labute approximate surface area is 204 Å². The second-order valence-electron chi connectivity index (χ2n) is 8.34. The Morgan fingerprint density at radius 3 is 2.69 bits per heavy atom. The van der Waals surface area contributed by atoms with Crippen LogP contribution in [0.1, 0.15) is 47.8 Å². The number of ether oxygens (including phenoxy) is 1. The van der Waals surface area contributed by atoms with Gasteiger partial charge in [-0.1, -0.05) is 37.3 Å². The molecule has 1 aliphatic rings. The summed E-state index contributed by atoms with van der Waals surface area (Å²) in [5.74, 6) is 0.531. The fourth-order valence-corrected chi connectivity index (χ4v) is 4.22. The van der Waals surface area contributed by atoms with Crippen LogP contribution in [-0.2, 0) is 17.9 Å². The van der Waals surface area contributed by atoms with Crippen molar-refractivity contribution < 1.29 is 19.1 Å². The monoisotopic (exact) mass is 475 g/mol. The summed E-state index contributed by atoms with van der Waals surface area (Å²) in [5.41, 5.74) is 4.33. The Morgan fingerprint density at radius 2 is 1.97 bits per heavy atom. The van der Waals surface area contributed by atoms with Crippen molar-refractivity contribution in [2.24, 2.45) is 0 Å². The quantitative estimate of drug-likeness (QED) is 0.437. The highest BCUT2D eigenvalue weighted by Gasteiger charge is 2.30. The minimum absolute atomic E-state index is 0.121. The third kappa shape index (κ3) is 5.51. The average molecular weight is 476 g/mol. The summed E-state index contributed by atoms with van der Waals surface area (Å²) in [5, 5.41) is 9.29. The van der Waals surface area contributed by atoms with Gasteiger partial charge in [-0.2, -0.15) is 5.10 Å². The molecular weight excluding hydrogens is 446 g/mol. The van der Waals surface area contributed by atoms with E-state index >= 15 is 0 Å². The van der Waals surface area contributed by atoms with Crippen molar-refractivity contribution >= 4 is 18.3 Å². The van der Waals surface area contributed by atoms with Crippen LogP contribution >= 0.6 is 0 Å². The summed E-state index contributed by atoms with van der Waals surface area (Å²) >= 11 is 0. The average Bonchev–Trinajstić information content (AvgIpc) is 3.44. The van der Waals surface area contributed by atoms with E-state index in [9.17, 15) is 14.4 Å². The van der Waals surface area contributed by atoms with E-state index < -0.39 is 12.1 Å². The lowest BCUT2D eigenvalue weighted by atomic mass is 10.0. The molecule has 182 valence electrons. The zero-order valence-corrected chi connectivity index (χ0v) is 19.9. The molecule has 0 unspecified atom stereocenters. The van der Waals surface area contributed by atoms with Gasteiger partial charge in [0.15, 0.2) is 0 Å². The van der Waals surface area contributed by atoms with E-state index in [1.807, 2.05) is 60.4 Å². The topological polar surface area (TPSA) is 106 Å². The van der Waals surface area contributed by atoms with Crippen LogP contribution in [-0.4, -0.2) is 46.2 Å². The molecule has 1 atom stereocenters. The molecule has 0 radical (unpaired) electrons. The number of nitrogens with one attached hydrogen (secondary N) is 2. The maximum absolute atomic E-state index is 13.1. The van der Waals surface area contributed by atoms with Crippen molar-refractivity contribution in [3.05, 3.63) is 71.5 Å². The molecule has 0 aliphatic carbocycles. The number of amides is 4. The first-order valence-electron chi connectivity index (χ1n) is 11.7. The number of imide groups is 1. The number of hydrogen-bond acceptors (Lipinski definition) is 5. The predicted octanol–water partition coefficient (Wildman–Crippen LogP) is 3.51. The first kappa shape index (κ1) is 24.0. The minimum Gasteiger partial charge on any atom is -0.494 e. The smallest absolute Gasteiger partial charge is 0.321 e. The highest BCUT2D eigenvalue weighted by Crippen LogP contribution is 2.29. The molecule has 0 bridgehead atoms. The number of fused-ring (bicyclic) bond motifs is 1. The van der Waals surface area contributed by atoms with Crippen molar-refractivity contribution in [1.82, 2.24) is 25.3 Å². The fourth-order valence-electron chi connectivity index (χ4n) is 4.22. The lowest BCUT2D eigenvalue weighted by Crippen LogP contribution is -2.42. The summed E-state index contributed by atoms with van der Waals surface area (Å²) in [6.07, 6.45) is 5.16. The van der Waals surface area contributed by atoms with Gasteiger partial charge in [-0.05, 0) is 42.2 Å². The maximum Gasteiger partial charge on any atom is 0.321 e. The van der Waals surface area contributed by atoms with Crippen LogP contribution in [0.25, 0.3) is 11.1 Å². The van der Waals surface area contributed by atoms with E-state index in [4.69, 9.17) is 4.74 Å². The van der Waals surface area contributed by atoms with Crippen molar-refractivity contribution in [1.29, 1.82) is 0 Å². The highest BCUT2D eigenvalue weighted by molar-refractivity contribution is 5.98. The number of rotatable bonds is 10. The number of aryl methyl sites for hydroxylation is 1. The van der Waals surface area contributed by atoms with Crippen molar-refractivity contribution in [2.45, 2.75) is 39.4 Å². The first-order valence-corrected chi connectivity index (χ1v) is 11.7. The van der Waals surface area contributed by atoms with E-state index in [1.54, 1.807) is 11.0 Å². The number of aromatic nitrogens is 2. The molecule has 9 heteroatoms. The Kier molecular flexibility index (Phi) is 7.45. The second kappa shape index (κ2) is 10.9. The fraction of sp³-hybridized carbons (Fsp3) is 0.308. The molecule has 2 N–H and O–H groups in total. The highest BCUT2D eigenvalue weighted by atomic mass is 16.5. The lowest BCUT2D eigenvalue weighted by Gasteiger charge is -2.25. The zero-order valence-electron chi connectivity index (χ0n) is 19.9. The van der Waals surface area contributed by atoms with Gasteiger partial charge in [0, 0.05) is 37.0 Å². The zero-order chi connectivity index (χ0) is 24.8. The SMILES string of the molecule is CCCn1cc(-c2ccc([C@H](CN3Cc4ccc(OCC)cc4C3=O)NC(=O)NC=O)cc2)cn1. The van der Waals surface area contributed by atoms with Crippen LogP contribution < -0.4 is 15.4 Å². The van der Waals surface area contributed by atoms with Gasteiger partial charge in [-0.3, -0.25) is 19.6 Å². The van der Waals surface area contributed by atoms with Crippen LogP contribution in [0.3, 0.4) is 0 Å². The molecule has 0 saturated carbocycles. The van der Waals surface area contributed by atoms with Gasteiger partial charge in [-0.15, -0.1) is 0 Å². The molecule has 3 aromatic rings. The van der Waals surface area contributed by atoms with E-state index in [0.29, 0.717) is 30.9 Å². The number of hydrogen-bond donors (Lipinski definition) is 2. The number of nitrogens with zero attached hydrogens (tertiary/aromatic N) is 3. The molecule has 2 heterocycles. The first-order chi connectivity index (χ1) is 17.0. The Morgan fingerprint density at radius 1 is 1.17 bits per heavy atom. The molecule has 4 amide bonds. The summed E-state index contributed by atoms with van der Waals surface area (Å²) in [6.45, 7) is 6.05. The number of urea groups is 1. The minimum atomic E-state index is -0.627. The molecule has 35 heavy (non-hydrogen) atoms. The van der Waals surface area contributed by atoms with Crippen LogP contribution in [0.2, 0.25) is 0 Å². The molecule has 4 rings (SSSR count).